The van der Waals surface area contributed by atoms with Crippen molar-refractivity contribution in [1.29, 1.82) is 0 Å². The summed E-state index contributed by atoms with van der Waals surface area (Å²) in [7, 11) is -1.16. The standard InChI is InChI=1S/C27H32N2O5S/c1-5-20-12-13-21(6-2)22(16-20)18-28-27(30)19-29(23-10-8-7-9-11-23)35(31,32)24-14-15-25(33-3)26(17-24)34-4/h7-17H,5-6,18-19H2,1-4H3,(H,28,30). The number of amides is 1. The van der Waals surface area contributed by atoms with Gasteiger partial charge in [-0.15, -0.1) is 0 Å². The zero-order valence-corrected chi connectivity index (χ0v) is 21.4. The van der Waals surface area contributed by atoms with Crippen molar-refractivity contribution in [3.8, 4) is 11.5 Å². The molecule has 1 N–H and O–H groups in total. The van der Waals surface area contributed by atoms with Gasteiger partial charge in [0.15, 0.2) is 11.5 Å². The van der Waals surface area contributed by atoms with Gasteiger partial charge in [0.05, 0.1) is 24.8 Å². The van der Waals surface area contributed by atoms with E-state index in [1.807, 2.05) is 0 Å². The fraction of sp³-hybridized carbons (Fsp3) is 0.296. The Hall–Kier alpha value is -3.52. The average Bonchev–Trinajstić information content (AvgIpc) is 2.90. The summed E-state index contributed by atoms with van der Waals surface area (Å²) in [6.07, 6.45) is 1.75. The van der Waals surface area contributed by atoms with Crippen molar-refractivity contribution in [2.45, 2.75) is 38.1 Å². The van der Waals surface area contributed by atoms with Gasteiger partial charge >= 0.3 is 0 Å². The van der Waals surface area contributed by atoms with Crippen LogP contribution in [0.15, 0.2) is 71.6 Å². The molecular formula is C27H32N2O5S. The highest BCUT2D eigenvalue weighted by Gasteiger charge is 2.28. The molecule has 35 heavy (non-hydrogen) atoms. The van der Waals surface area contributed by atoms with Gasteiger partial charge in [0.25, 0.3) is 10.0 Å². The first-order chi connectivity index (χ1) is 16.8. The predicted octanol–water partition coefficient (Wildman–Crippen LogP) is 4.34. The predicted molar refractivity (Wildman–Crippen MR) is 138 cm³/mol. The Bertz CT molecular complexity index is 1260. The first-order valence-electron chi connectivity index (χ1n) is 11.5. The Morgan fingerprint density at radius 1 is 0.857 bits per heavy atom. The number of hydrogen-bond donors (Lipinski definition) is 1. The third kappa shape index (κ3) is 6.14. The largest absolute Gasteiger partial charge is 0.493 e. The van der Waals surface area contributed by atoms with Gasteiger partial charge in [-0.05, 0) is 53.8 Å². The Morgan fingerprint density at radius 2 is 1.57 bits per heavy atom. The number of carbonyl (C=O) groups excluding carboxylic acids is 1. The molecule has 0 saturated carbocycles. The SMILES string of the molecule is CCc1ccc(CC)c(CNC(=O)CN(c2ccccc2)S(=O)(=O)c2ccc(OC)c(OC)c2)c1. The molecule has 1 amide bonds. The number of anilines is 1. The van der Waals surface area contributed by atoms with E-state index < -0.39 is 15.9 Å². The highest BCUT2D eigenvalue weighted by molar-refractivity contribution is 7.92. The van der Waals surface area contributed by atoms with E-state index in [1.54, 1.807) is 30.3 Å². The van der Waals surface area contributed by atoms with Crippen molar-refractivity contribution in [1.82, 2.24) is 5.32 Å². The van der Waals surface area contributed by atoms with Gasteiger partial charge in [-0.1, -0.05) is 50.2 Å². The number of para-hydroxylation sites is 1. The topological polar surface area (TPSA) is 84.9 Å². The van der Waals surface area contributed by atoms with E-state index in [4.69, 9.17) is 9.47 Å². The van der Waals surface area contributed by atoms with Gasteiger partial charge in [0.1, 0.15) is 6.54 Å². The minimum Gasteiger partial charge on any atom is -0.493 e. The summed E-state index contributed by atoms with van der Waals surface area (Å²) in [6, 6.07) is 19.2. The molecule has 0 atom stereocenters. The summed E-state index contributed by atoms with van der Waals surface area (Å²) in [4.78, 5) is 13.0. The summed E-state index contributed by atoms with van der Waals surface area (Å²) in [5, 5.41) is 2.90. The van der Waals surface area contributed by atoms with Crippen LogP contribution in [0.5, 0.6) is 11.5 Å². The summed E-state index contributed by atoms with van der Waals surface area (Å²) in [6.45, 7) is 4.11. The molecule has 0 aliphatic rings. The third-order valence-electron chi connectivity index (χ3n) is 5.81. The number of sulfonamides is 1. The van der Waals surface area contributed by atoms with Gasteiger partial charge < -0.3 is 14.8 Å². The van der Waals surface area contributed by atoms with Crippen molar-refractivity contribution in [3.05, 3.63) is 83.4 Å². The van der Waals surface area contributed by atoms with Crippen molar-refractivity contribution < 1.29 is 22.7 Å². The van der Waals surface area contributed by atoms with Crippen molar-refractivity contribution in [3.63, 3.8) is 0 Å². The second kappa shape index (κ2) is 11.8. The summed E-state index contributed by atoms with van der Waals surface area (Å²) in [5.41, 5.74) is 3.77. The number of nitrogens with one attached hydrogen (secondary N) is 1. The molecule has 0 aliphatic heterocycles. The number of methoxy groups -OCH3 is 2. The molecule has 3 aromatic rings. The Balaban J connectivity index is 1.88. The number of nitrogens with zero attached hydrogens (tertiary/aromatic N) is 1. The minimum atomic E-state index is -4.08. The maximum atomic E-state index is 13.6. The lowest BCUT2D eigenvalue weighted by Gasteiger charge is -2.24. The van der Waals surface area contributed by atoms with Gasteiger partial charge in [0.2, 0.25) is 5.91 Å². The number of hydrogen-bond acceptors (Lipinski definition) is 5. The average molecular weight is 497 g/mol. The molecule has 8 heteroatoms. The number of benzene rings is 3. The molecule has 0 aliphatic carbocycles. The Labute approximate surface area is 207 Å². The molecule has 0 heterocycles. The number of carbonyl (C=O) groups is 1. The molecular weight excluding hydrogens is 464 g/mol. The van der Waals surface area contributed by atoms with Crippen molar-refractivity contribution in [2.75, 3.05) is 25.1 Å². The molecule has 0 aromatic heterocycles. The lowest BCUT2D eigenvalue weighted by Crippen LogP contribution is -2.40. The Morgan fingerprint density at radius 3 is 2.20 bits per heavy atom. The lowest BCUT2D eigenvalue weighted by atomic mass is 10.0. The maximum Gasteiger partial charge on any atom is 0.264 e. The highest BCUT2D eigenvalue weighted by atomic mass is 32.2. The molecule has 7 nitrogen and oxygen atoms in total. The van der Waals surface area contributed by atoms with Crippen LogP contribution < -0.4 is 19.1 Å². The lowest BCUT2D eigenvalue weighted by molar-refractivity contribution is -0.119. The molecule has 0 spiro atoms. The zero-order valence-electron chi connectivity index (χ0n) is 20.6. The van der Waals surface area contributed by atoms with Gasteiger partial charge in [-0.2, -0.15) is 0 Å². The van der Waals surface area contributed by atoms with Gasteiger partial charge in [-0.3, -0.25) is 9.10 Å². The molecule has 0 radical (unpaired) electrons. The summed E-state index contributed by atoms with van der Waals surface area (Å²) in [5.74, 6) is 0.298. The van der Waals surface area contributed by atoms with Crippen LogP contribution in [-0.2, 0) is 34.2 Å². The van der Waals surface area contributed by atoms with Crippen LogP contribution >= 0.6 is 0 Å². The first-order valence-corrected chi connectivity index (χ1v) is 12.9. The fourth-order valence-corrected chi connectivity index (χ4v) is 5.24. The van der Waals surface area contributed by atoms with Crippen molar-refractivity contribution >= 4 is 21.6 Å². The molecule has 186 valence electrons. The maximum absolute atomic E-state index is 13.6. The summed E-state index contributed by atoms with van der Waals surface area (Å²) < 4.78 is 38.9. The van der Waals surface area contributed by atoms with Gasteiger partial charge in [-0.25, -0.2) is 8.42 Å². The van der Waals surface area contributed by atoms with E-state index >= 15 is 0 Å². The quantitative estimate of drug-likeness (QED) is 0.427. The van der Waals surface area contributed by atoms with Crippen LogP contribution in [0.2, 0.25) is 0 Å². The minimum absolute atomic E-state index is 0.00396. The Kier molecular flexibility index (Phi) is 8.76. The van der Waals surface area contributed by atoms with Crippen molar-refractivity contribution in [2.24, 2.45) is 0 Å². The second-order valence-corrected chi connectivity index (χ2v) is 9.81. The number of aryl methyl sites for hydroxylation is 2. The van der Waals surface area contributed by atoms with E-state index in [2.05, 4.69) is 37.4 Å². The number of rotatable bonds is 11. The van der Waals surface area contributed by atoms with Crippen LogP contribution in [-0.4, -0.2) is 35.1 Å². The molecule has 0 unspecified atom stereocenters. The third-order valence-corrected chi connectivity index (χ3v) is 7.58. The van der Waals surface area contributed by atoms with E-state index in [0.717, 1.165) is 28.3 Å². The van der Waals surface area contributed by atoms with E-state index in [9.17, 15) is 13.2 Å². The number of ether oxygens (including phenoxy) is 2. The van der Waals surface area contributed by atoms with Crippen LogP contribution in [0.4, 0.5) is 5.69 Å². The molecule has 3 rings (SSSR count). The summed E-state index contributed by atoms with van der Waals surface area (Å²) >= 11 is 0. The van der Waals surface area contributed by atoms with E-state index in [-0.39, 0.29) is 17.2 Å². The van der Waals surface area contributed by atoms with Crippen LogP contribution in [0, 0.1) is 0 Å². The van der Waals surface area contributed by atoms with Gasteiger partial charge in [0, 0.05) is 12.6 Å². The van der Waals surface area contributed by atoms with Crippen LogP contribution in [0.3, 0.4) is 0 Å². The normalized spacial score (nSPS) is 11.1. The smallest absolute Gasteiger partial charge is 0.264 e. The second-order valence-electron chi connectivity index (χ2n) is 7.95. The zero-order chi connectivity index (χ0) is 25.4. The molecule has 0 fully saturated rings. The molecule has 3 aromatic carbocycles. The van der Waals surface area contributed by atoms with E-state index in [1.165, 1.54) is 38.0 Å². The molecule has 0 bridgehead atoms. The van der Waals surface area contributed by atoms with Crippen LogP contribution in [0.25, 0.3) is 0 Å². The monoisotopic (exact) mass is 496 g/mol. The van der Waals surface area contributed by atoms with Crippen LogP contribution in [0.1, 0.15) is 30.5 Å². The molecule has 0 saturated heterocycles. The highest BCUT2D eigenvalue weighted by Crippen LogP contribution is 2.32. The first kappa shape index (κ1) is 26.1. The van der Waals surface area contributed by atoms with E-state index in [0.29, 0.717) is 18.0 Å². The fourth-order valence-electron chi connectivity index (χ4n) is 3.80.